The monoisotopic (exact) mass is 534 g/mol. The van der Waals surface area contributed by atoms with Gasteiger partial charge in [0.15, 0.2) is 11.5 Å². The summed E-state index contributed by atoms with van der Waals surface area (Å²) in [6, 6.07) is 11.1. The maximum absolute atomic E-state index is 13.0. The summed E-state index contributed by atoms with van der Waals surface area (Å²) in [6.07, 6.45) is 1.09. The third-order valence-corrected chi connectivity index (χ3v) is 7.78. The van der Waals surface area contributed by atoms with Crippen molar-refractivity contribution in [1.82, 2.24) is 14.5 Å². The van der Waals surface area contributed by atoms with Crippen molar-refractivity contribution in [3.05, 3.63) is 47.5 Å². The van der Waals surface area contributed by atoms with Crippen LogP contribution >= 0.6 is 11.6 Å². The van der Waals surface area contributed by atoms with E-state index >= 15 is 0 Å². The van der Waals surface area contributed by atoms with Crippen LogP contribution in [0.5, 0.6) is 11.5 Å². The Morgan fingerprint density at radius 2 is 1.83 bits per heavy atom. The molecular formula is C24H27ClN4O6S. The Balaban J connectivity index is 1.44. The van der Waals surface area contributed by atoms with E-state index in [1.165, 1.54) is 28.6 Å². The molecule has 4 rings (SSSR count). The summed E-state index contributed by atoms with van der Waals surface area (Å²) in [7, 11) is -3.75. The van der Waals surface area contributed by atoms with Gasteiger partial charge in [-0.3, -0.25) is 10.1 Å². The second-order valence-electron chi connectivity index (χ2n) is 8.09. The molecule has 0 radical (unpaired) electrons. The minimum Gasteiger partial charge on any atom is -0.490 e. The molecule has 1 fully saturated rings. The average molecular weight is 535 g/mol. The first-order chi connectivity index (χ1) is 17.3. The summed E-state index contributed by atoms with van der Waals surface area (Å²) in [5, 5.41) is 11.0. The third-order valence-electron chi connectivity index (χ3n) is 5.65. The van der Waals surface area contributed by atoms with Crippen molar-refractivity contribution in [3.8, 4) is 23.0 Å². The Morgan fingerprint density at radius 3 is 2.56 bits per heavy atom. The van der Waals surface area contributed by atoms with E-state index in [0.717, 1.165) is 0 Å². The van der Waals surface area contributed by atoms with Gasteiger partial charge in [-0.2, -0.15) is 4.31 Å². The lowest BCUT2D eigenvalue weighted by atomic mass is 9.99. The van der Waals surface area contributed by atoms with Crippen LogP contribution in [-0.4, -0.2) is 55.1 Å². The SMILES string of the molecule is CCOc1ccc(-c2nnc(NC(=O)C3CCCN(S(=O)(=O)c4ccc(Cl)cc4)C3)o2)cc1OCC. The van der Waals surface area contributed by atoms with Gasteiger partial charge in [-0.1, -0.05) is 16.7 Å². The number of hydrogen-bond donors (Lipinski definition) is 1. The van der Waals surface area contributed by atoms with Gasteiger partial charge in [0.05, 0.1) is 24.0 Å². The van der Waals surface area contributed by atoms with Crippen LogP contribution in [0.4, 0.5) is 6.01 Å². The lowest BCUT2D eigenvalue weighted by Gasteiger charge is -2.30. The molecule has 0 aliphatic carbocycles. The number of halogens is 1. The van der Waals surface area contributed by atoms with E-state index < -0.39 is 15.9 Å². The molecule has 0 spiro atoms. The third kappa shape index (κ3) is 5.80. The lowest BCUT2D eigenvalue weighted by molar-refractivity contribution is -0.121. The first-order valence-corrected chi connectivity index (χ1v) is 13.4. The highest BCUT2D eigenvalue weighted by molar-refractivity contribution is 7.89. The molecule has 36 heavy (non-hydrogen) atoms. The number of carbonyl (C=O) groups is 1. The van der Waals surface area contributed by atoms with Gasteiger partial charge in [-0.15, -0.1) is 5.10 Å². The van der Waals surface area contributed by atoms with Gasteiger partial charge in [-0.25, -0.2) is 8.42 Å². The molecule has 0 saturated carbocycles. The Morgan fingerprint density at radius 1 is 1.11 bits per heavy atom. The van der Waals surface area contributed by atoms with E-state index in [1.807, 2.05) is 13.8 Å². The van der Waals surface area contributed by atoms with Crippen LogP contribution in [0.25, 0.3) is 11.5 Å². The number of ether oxygens (including phenoxy) is 2. The molecule has 2 aromatic carbocycles. The van der Waals surface area contributed by atoms with Crippen LogP contribution in [0.3, 0.4) is 0 Å². The van der Waals surface area contributed by atoms with Gasteiger partial charge in [0.25, 0.3) is 0 Å². The summed E-state index contributed by atoms with van der Waals surface area (Å²) in [4.78, 5) is 13.0. The molecule has 1 aliphatic heterocycles. The maximum Gasteiger partial charge on any atom is 0.322 e. The zero-order valence-electron chi connectivity index (χ0n) is 19.9. The molecule has 192 valence electrons. The molecule has 1 amide bonds. The predicted molar refractivity (Wildman–Crippen MR) is 134 cm³/mol. The number of carbonyl (C=O) groups excluding carboxylic acids is 1. The number of benzene rings is 2. The van der Waals surface area contributed by atoms with E-state index in [2.05, 4.69) is 15.5 Å². The molecule has 1 unspecified atom stereocenters. The fraction of sp³-hybridized carbons (Fsp3) is 0.375. The van der Waals surface area contributed by atoms with Crippen LogP contribution in [0.1, 0.15) is 26.7 Å². The van der Waals surface area contributed by atoms with E-state index in [9.17, 15) is 13.2 Å². The Kier molecular flexibility index (Phi) is 8.12. The van der Waals surface area contributed by atoms with Gasteiger partial charge in [-0.05, 0) is 69.2 Å². The van der Waals surface area contributed by atoms with Crippen molar-refractivity contribution in [2.24, 2.45) is 5.92 Å². The van der Waals surface area contributed by atoms with E-state index in [1.54, 1.807) is 18.2 Å². The molecular weight excluding hydrogens is 508 g/mol. The van der Waals surface area contributed by atoms with Gasteiger partial charge in [0.2, 0.25) is 21.8 Å². The quantitative estimate of drug-likeness (QED) is 0.432. The van der Waals surface area contributed by atoms with Crippen molar-refractivity contribution < 1.29 is 27.1 Å². The Labute approximate surface area is 214 Å². The number of piperidine rings is 1. The molecule has 0 bridgehead atoms. The summed E-state index contributed by atoms with van der Waals surface area (Å²) < 4.78 is 44.2. The number of anilines is 1. The number of nitrogens with zero attached hydrogens (tertiary/aromatic N) is 3. The van der Waals surface area contributed by atoms with E-state index in [-0.39, 0.29) is 29.3 Å². The normalized spacial score (nSPS) is 16.5. The molecule has 10 nitrogen and oxygen atoms in total. The Hall–Kier alpha value is -3.15. The maximum atomic E-state index is 13.0. The summed E-state index contributed by atoms with van der Waals surface area (Å²) in [5.74, 6) is 0.398. The smallest absolute Gasteiger partial charge is 0.322 e. The molecule has 3 aromatic rings. The fourth-order valence-electron chi connectivity index (χ4n) is 3.91. The summed E-state index contributed by atoms with van der Waals surface area (Å²) >= 11 is 5.88. The zero-order chi connectivity index (χ0) is 25.7. The lowest BCUT2D eigenvalue weighted by Crippen LogP contribution is -2.43. The number of sulfonamides is 1. The zero-order valence-corrected chi connectivity index (χ0v) is 21.5. The summed E-state index contributed by atoms with van der Waals surface area (Å²) in [6.45, 7) is 5.09. The van der Waals surface area contributed by atoms with Crippen molar-refractivity contribution >= 4 is 33.5 Å². The van der Waals surface area contributed by atoms with Gasteiger partial charge >= 0.3 is 6.01 Å². The van der Waals surface area contributed by atoms with Crippen molar-refractivity contribution in [3.63, 3.8) is 0 Å². The topological polar surface area (TPSA) is 124 Å². The predicted octanol–water partition coefficient (Wildman–Crippen LogP) is 4.23. The van der Waals surface area contributed by atoms with Gasteiger partial charge < -0.3 is 13.9 Å². The first-order valence-electron chi connectivity index (χ1n) is 11.6. The van der Waals surface area contributed by atoms with Crippen LogP contribution in [0.2, 0.25) is 5.02 Å². The summed E-state index contributed by atoms with van der Waals surface area (Å²) in [5.41, 5.74) is 0.604. The minimum absolute atomic E-state index is 0.0500. The molecule has 12 heteroatoms. The standard InChI is InChI=1S/C24H27ClN4O6S/c1-3-33-20-12-7-16(14-21(20)34-4-2)23-27-28-24(35-23)26-22(30)17-6-5-13-29(15-17)36(31,32)19-10-8-18(25)9-11-19/h7-12,14,17H,3-6,13,15H2,1-2H3,(H,26,28,30). The van der Waals surface area contributed by atoms with Crippen LogP contribution in [-0.2, 0) is 14.8 Å². The van der Waals surface area contributed by atoms with Gasteiger partial charge in [0, 0.05) is 23.7 Å². The highest BCUT2D eigenvalue weighted by Crippen LogP contribution is 2.33. The Bertz CT molecular complexity index is 1310. The number of hydrogen-bond acceptors (Lipinski definition) is 8. The first kappa shape index (κ1) is 25.9. The van der Waals surface area contributed by atoms with Crippen LogP contribution < -0.4 is 14.8 Å². The van der Waals surface area contributed by atoms with E-state index in [4.69, 9.17) is 25.5 Å². The molecule has 1 saturated heterocycles. The second kappa shape index (κ2) is 11.3. The number of nitrogens with one attached hydrogen (secondary N) is 1. The molecule has 1 N–H and O–H groups in total. The number of aromatic nitrogens is 2. The second-order valence-corrected chi connectivity index (χ2v) is 10.5. The van der Waals surface area contributed by atoms with Crippen molar-refractivity contribution in [2.45, 2.75) is 31.6 Å². The highest BCUT2D eigenvalue weighted by Gasteiger charge is 2.34. The van der Waals surface area contributed by atoms with Gasteiger partial charge in [0.1, 0.15) is 0 Å². The molecule has 1 atom stereocenters. The van der Waals surface area contributed by atoms with Crippen LogP contribution in [0, 0.1) is 5.92 Å². The molecule has 1 aliphatic rings. The van der Waals surface area contributed by atoms with Crippen LogP contribution in [0.15, 0.2) is 51.8 Å². The van der Waals surface area contributed by atoms with Crippen molar-refractivity contribution in [2.75, 3.05) is 31.6 Å². The highest BCUT2D eigenvalue weighted by atomic mass is 35.5. The van der Waals surface area contributed by atoms with E-state index in [0.29, 0.717) is 54.7 Å². The number of amides is 1. The minimum atomic E-state index is -3.75. The van der Waals surface area contributed by atoms with Crippen molar-refractivity contribution in [1.29, 1.82) is 0 Å². The molecule has 2 heterocycles. The molecule has 1 aromatic heterocycles. The number of rotatable bonds is 9. The average Bonchev–Trinajstić information content (AvgIpc) is 3.34. The largest absolute Gasteiger partial charge is 0.490 e. The fourth-order valence-corrected chi connectivity index (χ4v) is 5.56.